The normalized spacial score (nSPS) is 10.2. The van der Waals surface area contributed by atoms with Crippen LogP contribution < -0.4 is 20.1 Å². The fourth-order valence-electron chi connectivity index (χ4n) is 2.53. The molecule has 0 aromatic heterocycles. The van der Waals surface area contributed by atoms with E-state index in [1.54, 1.807) is 6.07 Å². The summed E-state index contributed by atoms with van der Waals surface area (Å²) < 4.78 is 11.1. The third-order valence-corrected chi connectivity index (χ3v) is 3.66. The molecule has 0 radical (unpaired) electrons. The molecule has 134 valence electrons. The van der Waals surface area contributed by atoms with Crippen molar-refractivity contribution in [3.8, 4) is 11.5 Å². The van der Waals surface area contributed by atoms with E-state index in [0.717, 1.165) is 11.3 Å². The average Bonchev–Trinajstić information content (AvgIpc) is 2.57. The van der Waals surface area contributed by atoms with Gasteiger partial charge in [-0.3, -0.25) is 4.79 Å². The Hall–Kier alpha value is -2.69. The maximum atomic E-state index is 12.3. The molecular formula is C20H26N2O3. The fourth-order valence-corrected chi connectivity index (χ4v) is 2.53. The smallest absolute Gasteiger partial charge is 0.243 e. The van der Waals surface area contributed by atoms with E-state index >= 15 is 0 Å². The lowest BCUT2D eigenvalue weighted by molar-refractivity contribution is -0.114. The van der Waals surface area contributed by atoms with Crippen molar-refractivity contribution in [3.05, 3.63) is 47.5 Å². The van der Waals surface area contributed by atoms with Crippen LogP contribution in [-0.4, -0.2) is 25.7 Å². The molecule has 0 aliphatic rings. The van der Waals surface area contributed by atoms with E-state index < -0.39 is 0 Å². The molecule has 0 saturated carbocycles. The number of carbonyl (C=O) groups is 1. The van der Waals surface area contributed by atoms with Crippen molar-refractivity contribution >= 4 is 17.3 Å². The van der Waals surface area contributed by atoms with Crippen molar-refractivity contribution in [3.63, 3.8) is 0 Å². The van der Waals surface area contributed by atoms with Crippen LogP contribution in [0.4, 0.5) is 11.4 Å². The molecule has 0 bridgehead atoms. The summed E-state index contributed by atoms with van der Waals surface area (Å²) in [6, 6.07) is 11.5. The number of ether oxygens (including phenoxy) is 2. The topological polar surface area (TPSA) is 59.6 Å². The molecule has 2 aromatic rings. The second kappa shape index (κ2) is 8.97. The molecule has 0 fully saturated rings. The van der Waals surface area contributed by atoms with Gasteiger partial charge < -0.3 is 20.1 Å². The molecule has 2 aromatic carbocycles. The molecule has 0 aliphatic carbocycles. The van der Waals surface area contributed by atoms with Gasteiger partial charge in [0.25, 0.3) is 0 Å². The highest BCUT2D eigenvalue weighted by Gasteiger charge is 2.10. The number of benzene rings is 2. The highest BCUT2D eigenvalue weighted by atomic mass is 16.5. The van der Waals surface area contributed by atoms with Crippen LogP contribution in [0.1, 0.15) is 25.0 Å². The molecule has 0 unspecified atom stereocenters. The first-order valence-corrected chi connectivity index (χ1v) is 8.54. The minimum atomic E-state index is -0.144. The highest BCUT2D eigenvalue weighted by Crippen LogP contribution is 2.29. The van der Waals surface area contributed by atoms with Gasteiger partial charge in [0.2, 0.25) is 5.91 Å². The van der Waals surface area contributed by atoms with Crippen LogP contribution in [0.3, 0.4) is 0 Å². The highest BCUT2D eigenvalue weighted by molar-refractivity contribution is 5.95. The largest absolute Gasteiger partial charge is 0.494 e. The number of nitrogens with one attached hydrogen (secondary N) is 2. The van der Waals surface area contributed by atoms with Crippen molar-refractivity contribution in [2.45, 2.75) is 27.7 Å². The van der Waals surface area contributed by atoms with Crippen LogP contribution in [0.5, 0.6) is 11.5 Å². The van der Waals surface area contributed by atoms with E-state index in [9.17, 15) is 4.79 Å². The summed E-state index contributed by atoms with van der Waals surface area (Å²) in [5.41, 5.74) is 3.87. The zero-order chi connectivity index (χ0) is 18.2. The van der Waals surface area contributed by atoms with E-state index in [-0.39, 0.29) is 12.5 Å². The van der Waals surface area contributed by atoms with Gasteiger partial charge >= 0.3 is 0 Å². The number of rotatable bonds is 8. The lowest BCUT2D eigenvalue weighted by atomic mass is 10.1. The summed E-state index contributed by atoms with van der Waals surface area (Å²) in [7, 11) is 0. The van der Waals surface area contributed by atoms with Gasteiger partial charge in [-0.2, -0.15) is 0 Å². The summed E-state index contributed by atoms with van der Waals surface area (Å²) in [6.45, 7) is 9.16. The molecule has 0 spiro atoms. The summed E-state index contributed by atoms with van der Waals surface area (Å²) in [4.78, 5) is 12.3. The first kappa shape index (κ1) is 18.6. The third-order valence-electron chi connectivity index (χ3n) is 3.66. The number of hydrogen-bond acceptors (Lipinski definition) is 4. The van der Waals surface area contributed by atoms with Gasteiger partial charge in [0.05, 0.1) is 25.4 Å². The molecule has 5 nitrogen and oxygen atoms in total. The molecule has 2 N–H and O–H groups in total. The number of anilines is 2. The van der Waals surface area contributed by atoms with Gasteiger partial charge in [0.1, 0.15) is 11.5 Å². The van der Waals surface area contributed by atoms with E-state index in [1.165, 1.54) is 5.56 Å². The first-order valence-electron chi connectivity index (χ1n) is 8.54. The maximum absolute atomic E-state index is 12.3. The second-order valence-corrected chi connectivity index (χ2v) is 5.74. The van der Waals surface area contributed by atoms with Crippen molar-refractivity contribution < 1.29 is 14.3 Å². The molecular weight excluding hydrogens is 316 g/mol. The lowest BCUT2D eigenvalue weighted by Crippen LogP contribution is -2.22. The van der Waals surface area contributed by atoms with Gasteiger partial charge in [0.15, 0.2) is 0 Å². The molecule has 0 atom stereocenters. The molecule has 1 amide bonds. The molecule has 2 rings (SSSR count). The van der Waals surface area contributed by atoms with Crippen LogP contribution >= 0.6 is 0 Å². The van der Waals surface area contributed by atoms with Gasteiger partial charge in [-0.15, -0.1) is 0 Å². The van der Waals surface area contributed by atoms with Crippen molar-refractivity contribution in [1.29, 1.82) is 0 Å². The number of hydrogen-bond donors (Lipinski definition) is 2. The fraction of sp³-hybridized carbons (Fsp3) is 0.350. The van der Waals surface area contributed by atoms with Crippen LogP contribution in [-0.2, 0) is 4.79 Å². The van der Waals surface area contributed by atoms with E-state index in [2.05, 4.69) is 16.7 Å². The lowest BCUT2D eigenvalue weighted by Gasteiger charge is -2.14. The Balaban J connectivity index is 2.04. The van der Waals surface area contributed by atoms with Crippen LogP contribution in [0, 0.1) is 13.8 Å². The molecule has 5 heteroatoms. The molecule has 0 heterocycles. The van der Waals surface area contributed by atoms with E-state index in [4.69, 9.17) is 9.47 Å². The summed E-state index contributed by atoms with van der Waals surface area (Å²) in [5, 5.41) is 6.06. The second-order valence-electron chi connectivity index (χ2n) is 5.74. The Labute approximate surface area is 149 Å². The Bertz CT molecular complexity index is 729. The Morgan fingerprint density at radius 2 is 1.72 bits per heavy atom. The van der Waals surface area contributed by atoms with Crippen molar-refractivity contribution in [1.82, 2.24) is 0 Å². The van der Waals surface area contributed by atoms with E-state index in [1.807, 2.05) is 52.0 Å². The minimum Gasteiger partial charge on any atom is -0.494 e. The monoisotopic (exact) mass is 342 g/mol. The number of carbonyl (C=O) groups excluding carboxylic acids is 1. The Morgan fingerprint density at radius 3 is 2.40 bits per heavy atom. The van der Waals surface area contributed by atoms with E-state index in [0.29, 0.717) is 30.4 Å². The SMILES string of the molecule is CCOc1ccc(OCC)c(NC(=O)CNc2ccc(C)cc2C)c1. The summed E-state index contributed by atoms with van der Waals surface area (Å²) in [5.74, 6) is 1.18. The quantitative estimate of drug-likeness (QED) is 0.756. The maximum Gasteiger partial charge on any atom is 0.243 e. The van der Waals surface area contributed by atoms with Crippen LogP contribution in [0.15, 0.2) is 36.4 Å². The average molecular weight is 342 g/mol. The van der Waals surface area contributed by atoms with Crippen LogP contribution in [0.2, 0.25) is 0 Å². The third kappa shape index (κ3) is 5.41. The molecule has 25 heavy (non-hydrogen) atoms. The molecule has 0 aliphatic heterocycles. The number of aryl methyl sites for hydroxylation is 2. The summed E-state index contributed by atoms with van der Waals surface area (Å²) in [6.07, 6.45) is 0. The first-order chi connectivity index (χ1) is 12.0. The summed E-state index contributed by atoms with van der Waals surface area (Å²) >= 11 is 0. The van der Waals surface area contributed by atoms with Gasteiger partial charge in [0, 0.05) is 11.8 Å². The zero-order valence-electron chi connectivity index (χ0n) is 15.3. The Morgan fingerprint density at radius 1 is 0.960 bits per heavy atom. The molecule has 0 saturated heterocycles. The van der Waals surface area contributed by atoms with Gasteiger partial charge in [-0.05, 0) is 51.5 Å². The zero-order valence-corrected chi connectivity index (χ0v) is 15.3. The van der Waals surface area contributed by atoms with Gasteiger partial charge in [-0.25, -0.2) is 0 Å². The van der Waals surface area contributed by atoms with Crippen LogP contribution in [0.25, 0.3) is 0 Å². The Kier molecular flexibility index (Phi) is 6.69. The predicted molar refractivity (Wildman–Crippen MR) is 102 cm³/mol. The number of amides is 1. The van der Waals surface area contributed by atoms with Crippen molar-refractivity contribution in [2.24, 2.45) is 0 Å². The minimum absolute atomic E-state index is 0.144. The van der Waals surface area contributed by atoms with Crippen molar-refractivity contribution in [2.75, 3.05) is 30.4 Å². The standard InChI is InChI=1S/C20H26N2O3/c1-5-24-16-8-10-19(25-6-2)18(12-16)22-20(23)13-21-17-9-7-14(3)11-15(17)4/h7-12,21H,5-6,13H2,1-4H3,(H,22,23). The predicted octanol–water partition coefficient (Wildman–Crippen LogP) is 4.15. The van der Waals surface area contributed by atoms with Gasteiger partial charge in [-0.1, -0.05) is 17.7 Å².